The number of nitrogens with one attached hydrogen (secondary N) is 3. The van der Waals surface area contributed by atoms with E-state index in [0.29, 0.717) is 12.1 Å². The van der Waals surface area contributed by atoms with Gasteiger partial charge in [-0.25, -0.2) is 4.98 Å². The Morgan fingerprint density at radius 1 is 1.04 bits per heavy atom. The maximum atomic E-state index is 6.00. The fourth-order valence-corrected chi connectivity index (χ4v) is 2.40. The highest BCUT2D eigenvalue weighted by Crippen LogP contribution is 2.35. The molecule has 0 saturated heterocycles. The summed E-state index contributed by atoms with van der Waals surface area (Å²) in [5, 5.41) is 9.00. The van der Waals surface area contributed by atoms with Gasteiger partial charge in [0.25, 0.3) is 0 Å². The molecule has 1 heterocycles. The van der Waals surface area contributed by atoms with Gasteiger partial charge in [-0.15, -0.1) is 0 Å². The van der Waals surface area contributed by atoms with E-state index in [2.05, 4.69) is 25.9 Å². The highest BCUT2D eigenvalue weighted by atomic mass is 16.5. The Kier molecular flexibility index (Phi) is 7.47. The molecule has 7 nitrogen and oxygen atoms in total. The molecule has 0 unspecified atom stereocenters. The van der Waals surface area contributed by atoms with Crippen molar-refractivity contribution in [2.45, 2.75) is 32.3 Å². The number of methoxy groups -OCH3 is 1. The monoisotopic (exact) mass is 359 g/mol. The van der Waals surface area contributed by atoms with Crippen LogP contribution in [0.15, 0.2) is 24.3 Å². The summed E-state index contributed by atoms with van der Waals surface area (Å²) in [5.74, 6) is 2.82. The van der Waals surface area contributed by atoms with Gasteiger partial charge in [0.1, 0.15) is 5.82 Å². The van der Waals surface area contributed by atoms with E-state index >= 15 is 0 Å². The van der Waals surface area contributed by atoms with Crippen LogP contribution >= 0.6 is 0 Å². The molecule has 3 N–H and O–H groups in total. The first kappa shape index (κ1) is 19.8. The quantitative estimate of drug-likeness (QED) is 0.730. The maximum absolute atomic E-state index is 6.00. The molecule has 142 valence electrons. The minimum Gasteiger partial charge on any atom is -0.493 e. The van der Waals surface area contributed by atoms with Crippen LogP contribution in [0.2, 0.25) is 0 Å². The zero-order valence-corrected chi connectivity index (χ0v) is 16.2. The summed E-state index contributed by atoms with van der Waals surface area (Å²) >= 11 is 0. The van der Waals surface area contributed by atoms with Crippen LogP contribution in [0.4, 0.5) is 17.5 Å². The molecular weight excluding hydrogens is 330 g/mol. The van der Waals surface area contributed by atoms with Crippen LogP contribution in [0.3, 0.4) is 0 Å². The second kappa shape index (κ2) is 9.82. The lowest BCUT2D eigenvalue weighted by molar-refractivity contribution is 0.116. The van der Waals surface area contributed by atoms with Gasteiger partial charge in [-0.05, 0) is 52.4 Å². The summed E-state index contributed by atoms with van der Waals surface area (Å²) < 4.78 is 11.4. The lowest BCUT2D eigenvalue weighted by Gasteiger charge is -2.27. The Hall–Kier alpha value is -2.54. The van der Waals surface area contributed by atoms with Gasteiger partial charge in [-0.2, -0.15) is 4.98 Å². The molecule has 0 amide bonds. The largest absolute Gasteiger partial charge is 0.493 e. The number of aryl methyl sites for hydroxylation is 1. The molecule has 1 aromatic carbocycles. The lowest BCUT2D eigenvalue weighted by Crippen LogP contribution is -2.24. The van der Waals surface area contributed by atoms with Gasteiger partial charge in [0, 0.05) is 30.6 Å². The summed E-state index contributed by atoms with van der Waals surface area (Å²) in [6.45, 7) is 1.94. The summed E-state index contributed by atoms with van der Waals surface area (Å²) in [7, 11) is 7.24. The minimum atomic E-state index is 0.297. The fourth-order valence-electron chi connectivity index (χ4n) is 2.40. The number of rotatable bonds is 6. The lowest BCUT2D eigenvalue weighted by atomic mass is 9.96. The molecule has 1 fully saturated rings. The van der Waals surface area contributed by atoms with Crippen molar-refractivity contribution in [3.05, 3.63) is 30.0 Å². The highest BCUT2D eigenvalue weighted by molar-refractivity contribution is 5.60. The Morgan fingerprint density at radius 3 is 2.35 bits per heavy atom. The van der Waals surface area contributed by atoms with Gasteiger partial charge in [0.2, 0.25) is 5.95 Å². The minimum absolute atomic E-state index is 0.297. The molecule has 0 atom stereocenters. The summed E-state index contributed by atoms with van der Waals surface area (Å²) in [4.78, 5) is 8.81. The first-order chi connectivity index (χ1) is 12.6. The zero-order chi connectivity index (χ0) is 18.9. The van der Waals surface area contributed by atoms with Gasteiger partial charge in [0.15, 0.2) is 11.5 Å². The van der Waals surface area contributed by atoms with Crippen molar-refractivity contribution in [3.63, 3.8) is 0 Å². The fraction of sp³-hybridized carbons (Fsp3) is 0.474. The molecule has 26 heavy (non-hydrogen) atoms. The maximum Gasteiger partial charge on any atom is 0.229 e. The molecule has 0 aliphatic heterocycles. The third kappa shape index (κ3) is 5.49. The van der Waals surface area contributed by atoms with Crippen LogP contribution in [0.1, 0.15) is 25.0 Å². The van der Waals surface area contributed by atoms with E-state index in [1.54, 1.807) is 7.11 Å². The van der Waals surface area contributed by atoms with Crippen molar-refractivity contribution in [2.75, 3.05) is 38.9 Å². The molecule has 1 aromatic heterocycles. The molecule has 0 spiro atoms. The third-order valence-electron chi connectivity index (χ3n) is 3.88. The van der Waals surface area contributed by atoms with Gasteiger partial charge in [0.05, 0.1) is 13.2 Å². The Balaban J connectivity index is 0.000000758. The van der Waals surface area contributed by atoms with Crippen LogP contribution in [-0.2, 0) is 0 Å². The molecule has 0 radical (unpaired) electrons. The summed E-state index contributed by atoms with van der Waals surface area (Å²) in [5.41, 5.74) is 1.76. The highest BCUT2D eigenvalue weighted by Gasteiger charge is 2.21. The second-order valence-electron chi connectivity index (χ2n) is 6.13. The van der Waals surface area contributed by atoms with E-state index in [1.165, 1.54) is 6.42 Å². The predicted molar refractivity (Wildman–Crippen MR) is 106 cm³/mol. The first-order valence-electron chi connectivity index (χ1n) is 8.83. The van der Waals surface area contributed by atoms with E-state index in [-0.39, 0.29) is 0 Å². The molecule has 7 heteroatoms. The van der Waals surface area contributed by atoms with Crippen molar-refractivity contribution in [3.8, 4) is 11.5 Å². The molecule has 1 saturated carbocycles. The number of hydrogen-bond acceptors (Lipinski definition) is 7. The zero-order valence-electron chi connectivity index (χ0n) is 16.2. The number of aromatic nitrogens is 2. The second-order valence-corrected chi connectivity index (χ2v) is 6.13. The number of hydrogen-bond donors (Lipinski definition) is 3. The number of ether oxygens (including phenoxy) is 2. The van der Waals surface area contributed by atoms with Crippen LogP contribution in [-0.4, -0.2) is 44.3 Å². The molecule has 1 aliphatic carbocycles. The van der Waals surface area contributed by atoms with E-state index in [1.807, 2.05) is 52.3 Å². The van der Waals surface area contributed by atoms with Gasteiger partial charge >= 0.3 is 0 Å². The summed E-state index contributed by atoms with van der Waals surface area (Å²) in [6.07, 6.45) is 3.74. The Morgan fingerprint density at radius 2 is 1.77 bits per heavy atom. The Labute approximate surface area is 155 Å². The first-order valence-corrected chi connectivity index (χ1v) is 8.83. The summed E-state index contributed by atoms with van der Waals surface area (Å²) in [6, 6.07) is 7.65. The van der Waals surface area contributed by atoms with Crippen molar-refractivity contribution < 1.29 is 9.47 Å². The standard InChI is InChI=1S/C17H22N4O2.C2H7N/c1-11-9-16(18-2)21-17(19-11)20-12-7-8-14(22-3)15(10-12)23-13-5-4-6-13;1-3-2/h7-10,13H,4-6H2,1-3H3,(H2,18,19,20,21);3H,1-2H3. The molecule has 3 rings (SSSR count). The van der Waals surface area contributed by atoms with Crippen molar-refractivity contribution >= 4 is 17.5 Å². The molecule has 1 aliphatic rings. The molecule has 0 bridgehead atoms. The van der Waals surface area contributed by atoms with Crippen LogP contribution in [0.25, 0.3) is 0 Å². The predicted octanol–water partition coefficient (Wildman–Crippen LogP) is 3.35. The smallest absolute Gasteiger partial charge is 0.229 e. The van der Waals surface area contributed by atoms with Crippen molar-refractivity contribution in [1.82, 2.24) is 15.3 Å². The Bertz CT molecular complexity index is 704. The normalized spacial score (nSPS) is 13.1. The third-order valence-corrected chi connectivity index (χ3v) is 3.88. The van der Waals surface area contributed by atoms with Gasteiger partial charge in [-0.3, -0.25) is 0 Å². The van der Waals surface area contributed by atoms with Crippen LogP contribution in [0, 0.1) is 6.92 Å². The van der Waals surface area contributed by atoms with E-state index in [0.717, 1.165) is 41.5 Å². The SMILES string of the molecule is CNC.CNc1cc(C)nc(Nc2ccc(OC)c(OC3CCC3)c2)n1. The van der Waals surface area contributed by atoms with Gasteiger partial charge in [-0.1, -0.05) is 0 Å². The topological polar surface area (TPSA) is 80.3 Å². The molecular formula is C19H29N5O2. The number of anilines is 3. The van der Waals surface area contributed by atoms with E-state index < -0.39 is 0 Å². The number of benzene rings is 1. The van der Waals surface area contributed by atoms with Gasteiger partial charge < -0.3 is 25.4 Å². The van der Waals surface area contributed by atoms with E-state index in [9.17, 15) is 0 Å². The van der Waals surface area contributed by atoms with Crippen molar-refractivity contribution in [2.24, 2.45) is 0 Å². The van der Waals surface area contributed by atoms with Crippen molar-refractivity contribution in [1.29, 1.82) is 0 Å². The van der Waals surface area contributed by atoms with E-state index in [4.69, 9.17) is 9.47 Å². The van der Waals surface area contributed by atoms with Crippen LogP contribution < -0.4 is 25.4 Å². The van der Waals surface area contributed by atoms with Crippen LogP contribution in [0.5, 0.6) is 11.5 Å². The molecule has 2 aromatic rings. The number of nitrogens with zero attached hydrogens (tertiary/aromatic N) is 2. The average Bonchev–Trinajstić information content (AvgIpc) is 2.58. The average molecular weight is 359 g/mol.